The van der Waals surface area contributed by atoms with Gasteiger partial charge >= 0.3 is 5.97 Å². The van der Waals surface area contributed by atoms with Crippen LogP contribution in [0.2, 0.25) is 0 Å². The number of nitrogens with one attached hydrogen (secondary N) is 1. The lowest BCUT2D eigenvalue weighted by Crippen LogP contribution is -2.31. The van der Waals surface area contributed by atoms with Crippen molar-refractivity contribution >= 4 is 17.6 Å². The summed E-state index contributed by atoms with van der Waals surface area (Å²) in [5.74, 6) is -0.264. The van der Waals surface area contributed by atoms with Gasteiger partial charge in [-0.3, -0.25) is 4.79 Å². The highest BCUT2D eigenvalue weighted by Crippen LogP contribution is 2.67. The van der Waals surface area contributed by atoms with Crippen LogP contribution in [-0.4, -0.2) is 17.0 Å². The Hall–Kier alpha value is -1.84. The summed E-state index contributed by atoms with van der Waals surface area (Å²) < 4.78 is 0. The average Bonchev–Trinajstić information content (AvgIpc) is 2.82. The van der Waals surface area contributed by atoms with Gasteiger partial charge in [0.1, 0.15) is 0 Å². The molecule has 3 rings (SSSR count). The average molecular weight is 231 g/mol. The smallest absolute Gasteiger partial charge is 0.335 e. The molecule has 0 heterocycles. The van der Waals surface area contributed by atoms with E-state index < -0.39 is 5.97 Å². The molecule has 1 amide bonds. The van der Waals surface area contributed by atoms with Crippen LogP contribution in [0.3, 0.4) is 0 Å². The highest BCUT2D eigenvalue weighted by atomic mass is 16.4. The zero-order chi connectivity index (χ0) is 12.0. The summed E-state index contributed by atoms with van der Waals surface area (Å²) in [6, 6.07) is 6.27. The zero-order valence-corrected chi connectivity index (χ0v) is 9.27. The fourth-order valence-electron chi connectivity index (χ4n) is 2.63. The maximum Gasteiger partial charge on any atom is 0.335 e. The first-order valence-electron chi connectivity index (χ1n) is 5.77. The number of rotatable bonds is 3. The normalized spacial score (nSPS) is 28.8. The molecular formula is C13H13NO3. The van der Waals surface area contributed by atoms with E-state index in [2.05, 4.69) is 5.32 Å². The van der Waals surface area contributed by atoms with Crippen molar-refractivity contribution in [1.29, 1.82) is 0 Å². The van der Waals surface area contributed by atoms with Gasteiger partial charge in [0, 0.05) is 5.69 Å². The van der Waals surface area contributed by atoms with E-state index in [1.54, 1.807) is 12.1 Å². The Morgan fingerprint density at radius 1 is 1.29 bits per heavy atom. The van der Waals surface area contributed by atoms with Gasteiger partial charge in [-0.2, -0.15) is 0 Å². The van der Waals surface area contributed by atoms with Gasteiger partial charge in [0.15, 0.2) is 0 Å². The summed E-state index contributed by atoms with van der Waals surface area (Å²) in [4.78, 5) is 22.6. The molecule has 2 aliphatic rings. The van der Waals surface area contributed by atoms with Crippen molar-refractivity contribution in [2.75, 3.05) is 5.32 Å². The van der Waals surface area contributed by atoms with Gasteiger partial charge in [0.05, 0.1) is 11.0 Å². The molecule has 0 spiro atoms. The number of hydrogen-bond acceptors (Lipinski definition) is 2. The Balaban J connectivity index is 1.69. The topological polar surface area (TPSA) is 66.4 Å². The summed E-state index contributed by atoms with van der Waals surface area (Å²) in [5, 5.41) is 11.6. The molecule has 2 fully saturated rings. The number of carbonyl (C=O) groups excluding carboxylic acids is 1. The Labute approximate surface area is 98.6 Å². The minimum atomic E-state index is -0.956. The van der Waals surface area contributed by atoms with Crippen LogP contribution in [0.1, 0.15) is 29.6 Å². The standard InChI is InChI=1S/C13H13NO3/c15-11(16)8-1-3-10(4-2-8)14-12(17)13-6-5-9(13)7-13/h1-4,9H,5-7H2,(H,14,17)(H,15,16). The fourth-order valence-corrected chi connectivity index (χ4v) is 2.63. The Morgan fingerprint density at radius 3 is 2.41 bits per heavy atom. The second kappa shape index (κ2) is 3.32. The maximum absolute atomic E-state index is 11.9. The van der Waals surface area contributed by atoms with Crippen molar-refractivity contribution in [2.45, 2.75) is 19.3 Å². The molecule has 2 aliphatic carbocycles. The predicted molar refractivity (Wildman–Crippen MR) is 61.8 cm³/mol. The van der Waals surface area contributed by atoms with Gasteiger partial charge in [-0.25, -0.2) is 4.79 Å². The van der Waals surface area contributed by atoms with Crippen LogP contribution in [0, 0.1) is 11.3 Å². The number of carboxylic acid groups (broad SMARTS) is 1. The van der Waals surface area contributed by atoms with Crippen LogP contribution in [-0.2, 0) is 4.79 Å². The molecule has 0 bridgehead atoms. The largest absolute Gasteiger partial charge is 0.478 e. The highest BCUT2D eigenvalue weighted by molar-refractivity contribution is 5.99. The van der Waals surface area contributed by atoms with Gasteiger partial charge in [-0.1, -0.05) is 0 Å². The van der Waals surface area contributed by atoms with E-state index in [4.69, 9.17) is 5.11 Å². The van der Waals surface area contributed by atoms with Crippen LogP contribution in [0.4, 0.5) is 5.69 Å². The molecular weight excluding hydrogens is 218 g/mol. The minimum absolute atomic E-state index is 0.0779. The number of fused-ring (bicyclic) bond motifs is 1. The lowest BCUT2D eigenvalue weighted by atomic mass is 9.84. The number of amides is 1. The van der Waals surface area contributed by atoms with Crippen LogP contribution >= 0.6 is 0 Å². The van der Waals surface area contributed by atoms with E-state index in [1.807, 2.05) is 0 Å². The van der Waals surface area contributed by atoms with Crippen LogP contribution in [0.25, 0.3) is 0 Å². The molecule has 4 heteroatoms. The minimum Gasteiger partial charge on any atom is -0.478 e. The molecule has 2 N–H and O–H groups in total. The van der Waals surface area contributed by atoms with E-state index in [1.165, 1.54) is 18.6 Å². The lowest BCUT2D eigenvalue weighted by molar-refractivity contribution is -0.123. The van der Waals surface area contributed by atoms with Gasteiger partial charge in [0.2, 0.25) is 5.91 Å². The summed E-state index contributed by atoms with van der Waals surface area (Å²) in [5.41, 5.74) is 0.826. The SMILES string of the molecule is O=C(O)c1ccc(NC(=O)C23CCC2C3)cc1. The monoisotopic (exact) mass is 231 g/mol. The first-order valence-corrected chi connectivity index (χ1v) is 5.77. The molecule has 2 atom stereocenters. The molecule has 4 nitrogen and oxygen atoms in total. The Bertz CT molecular complexity index is 490. The highest BCUT2D eigenvalue weighted by Gasteiger charge is 2.65. The van der Waals surface area contributed by atoms with Gasteiger partial charge in [-0.05, 0) is 49.4 Å². The van der Waals surface area contributed by atoms with Gasteiger partial charge < -0.3 is 10.4 Å². The third-order valence-electron chi connectivity index (χ3n) is 4.01. The van der Waals surface area contributed by atoms with E-state index in [0.29, 0.717) is 11.6 Å². The quantitative estimate of drug-likeness (QED) is 0.837. The molecule has 0 saturated heterocycles. The number of anilines is 1. The second-order valence-electron chi connectivity index (χ2n) is 4.93. The molecule has 0 aliphatic heterocycles. The van der Waals surface area contributed by atoms with Crippen LogP contribution < -0.4 is 5.32 Å². The van der Waals surface area contributed by atoms with Crippen molar-refractivity contribution in [3.8, 4) is 0 Å². The van der Waals surface area contributed by atoms with Gasteiger partial charge in [-0.15, -0.1) is 0 Å². The molecule has 0 radical (unpaired) electrons. The van der Waals surface area contributed by atoms with E-state index in [-0.39, 0.29) is 16.9 Å². The predicted octanol–water partition coefficient (Wildman–Crippen LogP) is 2.12. The van der Waals surface area contributed by atoms with E-state index >= 15 is 0 Å². The molecule has 1 aromatic rings. The van der Waals surface area contributed by atoms with Crippen LogP contribution in [0.15, 0.2) is 24.3 Å². The summed E-state index contributed by atoms with van der Waals surface area (Å²) in [7, 11) is 0. The van der Waals surface area contributed by atoms with Crippen molar-refractivity contribution in [3.63, 3.8) is 0 Å². The fraction of sp³-hybridized carbons (Fsp3) is 0.385. The van der Waals surface area contributed by atoms with Crippen molar-refractivity contribution < 1.29 is 14.7 Å². The number of hydrogen-bond donors (Lipinski definition) is 2. The third kappa shape index (κ3) is 1.52. The first kappa shape index (κ1) is 10.3. The third-order valence-corrected chi connectivity index (χ3v) is 4.01. The molecule has 1 aromatic carbocycles. The van der Waals surface area contributed by atoms with Gasteiger partial charge in [0.25, 0.3) is 0 Å². The van der Waals surface area contributed by atoms with E-state index in [0.717, 1.165) is 12.8 Å². The maximum atomic E-state index is 11.9. The lowest BCUT2D eigenvalue weighted by Gasteiger charge is -2.24. The summed E-state index contributed by atoms with van der Waals surface area (Å²) in [6.45, 7) is 0. The summed E-state index contributed by atoms with van der Waals surface area (Å²) >= 11 is 0. The number of benzene rings is 1. The molecule has 88 valence electrons. The second-order valence-corrected chi connectivity index (χ2v) is 4.93. The molecule has 0 aromatic heterocycles. The Morgan fingerprint density at radius 2 is 2.00 bits per heavy atom. The number of aromatic carboxylic acids is 1. The first-order chi connectivity index (χ1) is 8.12. The van der Waals surface area contributed by atoms with E-state index in [9.17, 15) is 9.59 Å². The number of carbonyl (C=O) groups is 2. The molecule has 2 saturated carbocycles. The van der Waals surface area contributed by atoms with Crippen molar-refractivity contribution in [1.82, 2.24) is 0 Å². The summed E-state index contributed by atoms with van der Waals surface area (Å²) in [6.07, 6.45) is 3.19. The molecule has 17 heavy (non-hydrogen) atoms. The van der Waals surface area contributed by atoms with Crippen molar-refractivity contribution in [2.24, 2.45) is 11.3 Å². The number of carboxylic acids is 1. The van der Waals surface area contributed by atoms with Crippen molar-refractivity contribution in [3.05, 3.63) is 29.8 Å². The Kier molecular flexibility index (Phi) is 2.02. The zero-order valence-electron chi connectivity index (χ0n) is 9.27. The van der Waals surface area contributed by atoms with Crippen LogP contribution in [0.5, 0.6) is 0 Å². The molecule has 2 unspecified atom stereocenters.